The van der Waals surface area contributed by atoms with Crippen molar-refractivity contribution in [3.8, 4) is 5.75 Å². The Bertz CT molecular complexity index is 394. The molecule has 2 nitrogen and oxygen atoms in total. The van der Waals surface area contributed by atoms with E-state index in [1.807, 2.05) is 12.1 Å². The number of rotatable bonds is 4. The van der Waals surface area contributed by atoms with Gasteiger partial charge in [0.1, 0.15) is 5.75 Å². The number of benzene rings is 1. The minimum Gasteiger partial charge on any atom is -0.506 e. The van der Waals surface area contributed by atoms with E-state index in [9.17, 15) is 5.11 Å². The zero-order chi connectivity index (χ0) is 13.0. The van der Waals surface area contributed by atoms with Gasteiger partial charge in [-0.15, -0.1) is 0 Å². The van der Waals surface area contributed by atoms with Crippen LogP contribution < -0.4 is 5.32 Å². The molecule has 0 aliphatic heterocycles. The average Bonchev–Trinajstić information content (AvgIpc) is 2.40. The summed E-state index contributed by atoms with van der Waals surface area (Å²) in [5.74, 6) is 0.968. The lowest BCUT2D eigenvalue weighted by atomic mass is 9.83. The summed E-state index contributed by atoms with van der Waals surface area (Å²) in [4.78, 5) is 0. The van der Waals surface area contributed by atoms with Gasteiger partial charge in [0.25, 0.3) is 0 Å². The van der Waals surface area contributed by atoms with Gasteiger partial charge in [-0.05, 0) is 36.5 Å². The predicted octanol–water partition coefficient (Wildman–Crippen LogP) is 4.10. The van der Waals surface area contributed by atoms with Crippen LogP contribution in [0.1, 0.15) is 44.6 Å². The molecule has 100 valence electrons. The average molecular weight is 268 g/mol. The molecule has 1 aromatic rings. The number of hydrogen-bond acceptors (Lipinski definition) is 2. The lowest BCUT2D eigenvalue weighted by molar-refractivity contribution is 0.254. The van der Waals surface area contributed by atoms with Crippen molar-refractivity contribution < 1.29 is 5.11 Å². The second-order valence-corrected chi connectivity index (χ2v) is 5.63. The maximum atomic E-state index is 9.39. The summed E-state index contributed by atoms with van der Waals surface area (Å²) in [5, 5.41) is 13.5. The van der Waals surface area contributed by atoms with E-state index in [4.69, 9.17) is 11.6 Å². The van der Waals surface area contributed by atoms with Crippen LogP contribution in [0.5, 0.6) is 5.75 Å². The third-order valence-corrected chi connectivity index (χ3v) is 4.32. The molecule has 1 fully saturated rings. The van der Waals surface area contributed by atoms with Crippen LogP contribution >= 0.6 is 11.6 Å². The van der Waals surface area contributed by atoms with Crippen LogP contribution in [-0.2, 0) is 6.54 Å². The van der Waals surface area contributed by atoms with Crippen LogP contribution in [-0.4, -0.2) is 11.1 Å². The van der Waals surface area contributed by atoms with Gasteiger partial charge >= 0.3 is 0 Å². The van der Waals surface area contributed by atoms with Gasteiger partial charge in [0.2, 0.25) is 0 Å². The van der Waals surface area contributed by atoms with Crippen molar-refractivity contribution >= 4 is 11.6 Å². The summed E-state index contributed by atoms with van der Waals surface area (Å²) in [6.07, 6.45) is 6.61. The van der Waals surface area contributed by atoms with Crippen LogP contribution in [0.3, 0.4) is 0 Å². The first-order valence-electron chi connectivity index (χ1n) is 6.91. The van der Waals surface area contributed by atoms with Crippen molar-refractivity contribution in [2.24, 2.45) is 5.92 Å². The predicted molar refractivity (Wildman–Crippen MR) is 76.0 cm³/mol. The van der Waals surface area contributed by atoms with Gasteiger partial charge in [-0.1, -0.05) is 43.9 Å². The first-order valence-corrected chi connectivity index (χ1v) is 7.29. The number of phenolic OH excluding ortho intramolecular Hbond substituents is 1. The molecule has 0 saturated heterocycles. The molecule has 1 saturated carbocycles. The Hall–Kier alpha value is -0.730. The molecule has 2 rings (SSSR count). The molecule has 0 amide bonds. The van der Waals surface area contributed by atoms with E-state index >= 15 is 0 Å². The van der Waals surface area contributed by atoms with Crippen LogP contribution in [0.4, 0.5) is 0 Å². The number of phenols is 1. The van der Waals surface area contributed by atoms with Gasteiger partial charge < -0.3 is 10.4 Å². The van der Waals surface area contributed by atoms with Crippen molar-refractivity contribution in [1.29, 1.82) is 0 Å². The van der Waals surface area contributed by atoms with E-state index in [-0.39, 0.29) is 5.75 Å². The third-order valence-electron chi connectivity index (χ3n) is 4.01. The lowest BCUT2D eigenvalue weighted by Gasteiger charge is -2.31. The molecular formula is C15H22ClNO. The van der Waals surface area contributed by atoms with Gasteiger partial charge in [-0.3, -0.25) is 0 Å². The highest BCUT2D eigenvalue weighted by Gasteiger charge is 2.22. The van der Waals surface area contributed by atoms with Crippen LogP contribution in [0.2, 0.25) is 5.02 Å². The Morgan fingerprint density at radius 1 is 1.33 bits per heavy atom. The molecule has 3 heteroatoms. The normalized spacial score (nSPS) is 24.1. The molecule has 0 aromatic heterocycles. The van der Waals surface area contributed by atoms with Gasteiger partial charge in [-0.25, -0.2) is 0 Å². The maximum Gasteiger partial charge on any atom is 0.134 e. The molecule has 18 heavy (non-hydrogen) atoms. The minimum absolute atomic E-state index is 0.157. The first kappa shape index (κ1) is 13.7. The monoisotopic (exact) mass is 267 g/mol. The second-order valence-electron chi connectivity index (χ2n) is 5.23. The summed E-state index contributed by atoms with van der Waals surface area (Å²) in [6.45, 7) is 3.11. The molecule has 2 N–H and O–H groups in total. The largest absolute Gasteiger partial charge is 0.506 e. The minimum atomic E-state index is 0.157. The standard InChI is InChI=1S/C15H22ClNO/c1-2-12-5-3-4-6-14(12)17-10-11-7-8-15(18)13(16)9-11/h7-9,12,14,17-18H,2-6,10H2,1H3. The third kappa shape index (κ3) is 3.39. The van der Waals surface area contributed by atoms with Gasteiger partial charge in [-0.2, -0.15) is 0 Å². The summed E-state index contributed by atoms with van der Waals surface area (Å²) in [5.41, 5.74) is 1.14. The fourth-order valence-corrected chi connectivity index (χ4v) is 3.08. The summed E-state index contributed by atoms with van der Waals surface area (Å²) < 4.78 is 0. The van der Waals surface area contributed by atoms with E-state index in [0.29, 0.717) is 11.1 Å². The fraction of sp³-hybridized carbons (Fsp3) is 0.600. The van der Waals surface area contributed by atoms with E-state index in [2.05, 4.69) is 12.2 Å². The van der Waals surface area contributed by atoms with E-state index < -0.39 is 0 Å². The first-order chi connectivity index (χ1) is 8.70. The highest BCUT2D eigenvalue weighted by molar-refractivity contribution is 6.32. The van der Waals surface area contributed by atoms with E-state index in [1.54, 1.807) is 6.07 Å². The molecule has 1 aliphatic carbocycles. The van der Waals surface area contributed by atoms with Crippen molar-refractivity contribution in [1.82, 2.24) is 5.32 Å². The van der Waals surface area contributed by atoms with Crippen molar-refractivity contribution in [2.75, 3.05) is 0 Å². The highest BCUT2D eigenvalue weighted by atomic mass is 35.5. The maximum absolute atomic E-state index is 9.39. The smallest absolute Gasteiger partial charge is 0.134 e. The number of aromatic hydroxyl groups is 1. The van der Waals surface area contributed by atoms with Crippen LogP contribution in [0.15, 0.2) is 18.2 Å². The lowest BCUT2D eigenvalue weighted by Crippen LogP contribution is -2.37. The molecular weight excluding hydrogens is 246 g/mol. The Labute approximate surface area is 114 Å². The Morgan fingerprint density at radius 3 is 2.83 bits per heavy atom. The molecule has 1 aliphatic rings. The van der Waals surface area contributed by atoms with Gasteiger partial charge in [0, 0.05) is 12.6 Å². The zero-order valence-corrected chi connectivity index (χ0v) is 11.7. The number of halogens is 1. The molecule has 0 bridgehead atoms. The molecule has 2 unspecified atom stereocenters. The number of nitrogens with one attached hydrogen (secondary N) is 1. The molecule has 0 radical (unpaired) electrons. The van der Waals surface area contributed by atoms with E-state index in [1.165, 1.54) is 32.1 Å². The van der Waals surface area contributed by atoms with Gasteiger partial charge in [0.05, 0.1) is 5.02 Å². The van der Waals surface area contributed by atoms with Crippen molar-refractivity contribution in [3.05, 3.63) is 28.8 Å². The molecule has 1 aromatic carbocycles. The Kier molecular flexibility index (Phi) is 4.90. The molecule has 0 heterocycles. The Balaban J connectivity index is 1.91. The summed E-state index contributed by atoms with van der Waals surface area (Å²) >= 11 is 5.91. The van der Waals surface area contributed by atoms with Crippen molar-refractivity contribution in [3.63, 3.8) is 0 Å². The van der Waals surface area contributed by atoms with Crippen LogP contribution in [0.25, 0.3) is 0 Å². The highest BCUT2D eigenvalue weighted by Crippen LogP contribution is 2.28. The second kappa shape index (κ2) is 6.44. The molecule has 0 spiro atoms. The Morgan fingerprint density at radius 2 is 2.11 bits per heavy atom. The summed E-state index contributed by atoms with van der Waals surface area (Å²) in [6, 6.07) is 6.07. The SMILES string of the molecule is CCC1CCCCC1NCc1ccc(O)c(Cl)c1. The van der Waals surface area contributed by atoms with Crippen LogP contribution in [0, 0.1) is 5.92 Å². The number of hydrogen-bond donors (Lipinski definition) is 2. The van der Waals surface area contributed by atoms with Crippen molar-refractivity contribution in [2.45, 2.75) is 51.6 Å². The van der Waals surface area contributed by atoms with Gasteiger partial charge in [0.15, 0.2) is 0 Å². The molecule has 2 atom stereocenters. The summed E-state index contributed by atoms with van der Waals surface area (Å²) in [7, 11) is 0. The fourth-order valence-electron chi connectivity index (χ4n) is 2.87. The topological polar surface area (TPSA) is 32.3 Å². The quantitative estimate of drug-likeness (QED) is 0.861. The zero-order valence-electron chi connectivity index (χ0n) is 11.0. The van der Waals surface area contributed by atoms with E-state index in [0.717, 1.165) is 18.0 Å².